The lowest BCUT2D eigenvalue weighted by Crippen LogP contribution is -3.00. The van der Waals surface area contributed by atoms with Crippen LogP contribution in [0.3, 0.4) is 0 Å². The molecule has 58 valence electrons. The van der Waals surface area contributed by atoms with E-state index in [-0.39, 0.29) is 30.6 Å². The van der Waals surface area contributed by atoms with Gasteiger partial charge in [0.2, 0.25) is 0 Å². The van der Waals surface area contributed by atoms with Gasteiger partial charge >= 0.3 is 6.09 Å². The molecule has 3 N–H and O–H groups in total. The van der Waals surface area contributed by atoms with Crippen molar-refractivity contribution in [2.45, 2.75) is 12.1 Å². The Bertz CT molecular complexity index is 139. The van der Waals surface area contributed by atoms with Gasteiger partial charge in [-0.1, -0.05) is 0 Å². The zero-order valence-electron chi connectivity index (χ0n) is 5.34. The summed E-state index contributed by atoms with van der Waals surface area (Å²) in [5.74, 6) is 0. The first kappa shape index (κ1) is 7.63. The monoisotopic (exact) mass is 164 g/mol. The SMILES string of the molecule is O=C1NC2C[NH2+]CC2O1.[Cl-]. The lowest BCUT2D eigenvalue weighted by molar-refractivity contribution is -0.639. The molecule has 1 amide bonds. The summed E-state index contributed by atoms with van der Waals surface area (Å²) in [5.41, 5.74) is 0. The number of halogens is 1. The zero-order valence-corrected chi connectivity index (χ0v) is 6.10. The average molecular weight is 165 g/mol. The molecule has 5 heteroatoms. The Morgan fingerprint density at radius 1 is 1.60 bits per heavy atom. The van der Waals surface area contributed by atoms with Crippen molar-refractivity contribution in [2.24, 2.45) is 0 Å². The molecule has 2 aliphatic heterocycles. The highest BCUT2D eigenvalue weighted by molar-refractivity contribution is 5.70. The maximum atomic E-state index is 10.5. The Morgan fingerprint density at radius 3 is 3.10 bits per heavy atom. The fourth-order valence-electron chi connectivity index (χ4n) is 1.36. The molecule has 0 radical (unpaired) electrons. The van der Waals surface area contributed by atoms with Gasteiger partial charge in [-0.05, 0) is 0 Å². The fraction of sp³-hybridized carbons (Fsp3) is 0.800. The van der Waals surface area contributed by atoms with Crippen LogP contribution >= 0.6 is 0 Å². The summed E-state index contributed by atoms with van der Waals surface area (Å²) in [4.78, 5) is 10.5. The molecule has 0 saturated carbocycles. The number of fused-ring (bicyclic) bond motifs is 1. The summed E-state index contributed by atoms with van der Waals surface area (Å²) < 4.78 is 4.90. The number of ether oxygens (including phenoxy) is 1. The van der Waals surface area contributed by atoms with Gasteiger partial charge in [-0.15, -0.1) is 0 Å². The molecule has 2 atom stereocenters. The topological polar surface area (TPSA) is 54.9 Å². The van der Waals surface area contributed by atoms with Crippen LogP contribution in [0.2, 0.25) is 0 Å². The van der Waals surface area contributed by atoms with Crippen molar-refractivity contribution < 1.29 is 27.3 Å². The number of carbonyl (C=O) groups is 1. The smallest absolute Gasteiger partial charge is 0.408 e. The molecular formula is C5H9ClN2O2. The lowest BCUT2D eigenvalue weighted by atomic mass is 10.2. The Morgan fingerprint density at radius 2 is 2.40 bits per heavy atom. The second-order valence-electron chi connectivity index (χ2n) is 2.45. The molecule has 0 bridgehead atoms. The van der Waals surface area contributed by atoms with Gasteiger partial charge in [-0.25, -0.2) is 4.79 Å². The summed E-state index contributed by atoms with van der Waals surface area (Å²) >= 11 is 0. The van der Waals surface area contributed by atoms with Gasteiger partial charge in [0.15, 0.2) is 6.10 Å². The number of nitrogens with two attached hydrogens (primary N) is 1. The molecule has 2 heterocycles. The van der Waals surface area contributed by atoms with Crippen molar-refractivity contribution in [1.82, 2.24) is 5.32 Å². The van der Waals surface area contributed by atoms with Crippen molar-refractivity contribution in [3.05, 3.63) is 0 Å². The Kier molecular flexibility index (Phi) is 2.01. The molecule has 2 saturated heterocycles. The minimum atomic E-state index is -0.252. The van der Waals surface area contributed by atoms with E-state index in [0.717, 1.165) is 13.1 Å². The van der Waals surface area contributed by atoms with E-state index in [0.29, 0.717) is 0 Å². The van der Waals surface area contributed by atoms with Crippen LogP contribution in [0.4, 0.5) is 4.79 Å². The molecular weight excluding hydrogens is 156 g/mol. The molecule has 2 fully saturated rings. The van der Waals surface area contributed by atoms with Crippen LogP contribution < -0.4 is 23.0 Å². The summed E-state index contributed by atoms with van der Waals surface area (Å²) in [6.45, 7) is 1.89. The molecule has 0 aromatic heterocycles. The maximum Gasteiger partial charge on any atom is 0.408 e. The third-order valence-electron chi connectivity index (χ3n) is 1.83. The van der Waals surface area contributed by atoms with Crippen molar-refractivity contribution in [3.63, 3.8) is 0 Å². The van der Waals surface area contributed by atoms with Crippen LogP contribution in [0.25, 0.3) is 0 Å². The number of alkyl carbamates (subject to hydrolysis) is 1. The van der Waals surface area contributed by atoms with E-state index < -0.39 is 0 Å². The minimum absolute atomic E-state index is 0. The highest BCUT2D eigenvalue weighted by Gasteiger charge is 2.40. The van der Waals surface area contributed by atoms with E-state index in [1.807, 2.05) is 0 Å². The normalized spacial score (nSPS) is 35.8. The van der Waals surface area contributed by atoms with Crippen LogP contribution in [0.15, 0.2) is 0 Å². The van der Waals surface area contributed by atoms with E-state index in [9.17, 15) is 4.79 Å². The molecule has 10 heavy (non-hydrogen) atoms. The predicted molar refractivity (Wildman–Crippen MR) is 28.9 cm³/mol. The zero-order chi connectivity index (χ0) is 6.27. The predicted octanol–water partition coefficient (Wildman–Crippen LogP) is -4.96. The van der Waals surface area contributed by atoms with Gasteiger partial charge in [0.25, 0.3) is 0 Å². The van der Waals surface area contributed by atoms with E-state index in [1.54, 1.807) is 0 Å². The number of rotatable bonds is 0. The third kappa shape index (κ3) is 1.04. The average Bonchev–Trinajstić information content (AvgIpc) is 2.22. The van der Waals surface area contributed by atoms with Crippen molar-refractivity contribution >= 4 is 6.09 Å². The molecule has 0 aromatic carbocycles. The van der Waals surface area contributed by atoms with Crippen molar-refractivity contribution in [1.29, 1.82) is 0 Å². The van der Waals surface area contributed by atoms with Gasteiger partial charge in [-0.3, -0.25) is 0 Å². The molecule has 0 aliphatic carbocycles. The number of hydrogen-bond acceptors (Lipinski definition) is 2. The molecule has 0 spiro atoms. The molecule has 2 rings (SSSR count). The van der Waals surface area contributed by atoms with Crippen molar-refractivity contribution in [3.8, 4) is 0 Å². The van der Waals surface area contributed by atoms with E-state index in [4.69, 9.17) is 4.74 Å². The van der Waals surface area contributed by atoms with Crippen LogP contribution in [0.1, 0.15) is 0 Å². The Hall–Kier alpha value is -0.480. The summed E-state index contributed by atoms with van der Waals surface area (Å²) in [6, 6.07) is 0.275. The summed E-state index contributed by atoms with van der Waals surface area (Å²) in [7, 11) is 0. The van der Waals surface area contributed by atoms with Gasteiger partial charge in [-0.2, -0.15) is 0 Å². The van der Waals surface area contributed by atoms with Gasteiger partial charge in [0.05, 0.1) is 0 Å². The highest BCUT2D eigenvalue weighted by atomic mass is 35.5. The van der Waals surface area contributed by atoms with Crippen LogP contribution in [0.5, 0.6) is 0 Å². The number of hydrogen-bond donors (Lipinski definition) is 2. The Balaban J connectivity index is 0.000000500. The van der Waals surface area contributed by atoms with Gasteiger partial charge < -0.3 is 27.8 Å². The largest absolute Gasteiger partial charge is 1.00 e. The number of carbonyl (C=O) groups excluding carboxylic acids is 1. The molecule has 4 nitrogen and oxygen atoms in total. The number of nitrogens with one attached hydrogen (secondary N) is 1. The molecule has 2 unspecified atom stereocenters. The summed E-state index contributed by atoms with van der Waals surface area (Å²) in [5, 5.41) is 4.87. The van der Waals surface area contributed by atoms with E-state index >= 15 is 0 Å². The lowest BCUT2D eigenvalue weighted by Gasteiger charge is -1.96. The third-order valence-corrected chi connectivity index (χ3v) is 1.83. The van der Waals surface area contributed by atoms with E-state index in [2.05, 4.69) is 10.6 Å². The van der Waals surface area contributed by atoms with Crippen LogP contribution in [-0.2, 0) is 4.74 Å². The molecule has 0 aromatic rings. The first-order chi connectivity index (χ1) is 4.36. The first-order valence-corrected chi connectivity index (χ1v) is 3.15. The quantitative estimate of drug-likeness (QED) is 0.377. The van der Waals surface area contributed by atoms with Gasteiger partial charge in [0, 0.05) is 0 Å². The van der Waals surface area contributed by atoms with Crippen molar-refractivity contribution in [2.75, 3.05) is 13.1 Å². The fourth-order valence-corrected chi connectivity index (χ4v) is 1.36. The van der Waals surface area contributed by atoms with E-state index in [1.165, 1.54) is 0 Å². The molecule has 2 aliphatic rings. The summed E-state index contributed by atoms with van der Waals surface area (Å²) in [6.07, 6.45) is -0.115. The number of amides is 1. The van der Waals surface area contributed by atoms with Gasteiger partial charge in [0.1, 0.15) is 19.1 Å². The minimum Gasteiger partial charge on any atom is -1.00 e. The van der Waals surface area contributed by atoms with Crippen LogP contribution in [-0.4, -0.2) is 31.3 Å². The second-order valence-corrected chi connectivity index (χ2v) is 2.45. The van der Waals surface area contributed by atoms with Crippen LogP contribution in [0, 0.1) is 0 Å². The highest BCUT2D eigenvalue weighted by Crippen LogP contribution is 2.07. The second kappa shape index (κ2) is 2.64. The standard InChI is InChI=1S/C5H8N2O2.ClH/c8-5-7-3-1-6-2-4(3)9-5;/h3-4,6H,1-2H2,(H,7,8);1H. The Labute approximate surface area is 64.7 Å². The first-order valence-electron chi connectivity index (χ1n) is 3.15. The maximum absolute atomic E-state index is 10.5. The number of quaternary nitrogens is 1.